The standard InChI is InChI=1S/C24H27N2.C7H8O3S/c1-19-5-6-20(2)23(17-19)18-26-15-13-22(14-16-26)8-7-21-9-11-24(12-10-21)25(3)4;1-6-2-4-7(5-3-6)11(8,9)10/h5-17H,18H2,1-4H3;2-5H,1H3,(H,8,9,10)/q+1;/p-1. The molecule has 0 spiro atoms. The molecule has 0 amide bonds. The Hall–Kier alpha value is -3.74. The van der Waals surface area contributed by atoms with Crippen LogP contribution in [-0.2, 0) is 16.7 Å². The largest absolute Gasteiger partial charge is 0.744 e. The molecule has 0 bridgehead atoms. The number of aryl methyl sites for hydroxylation is 3. The number of rotatable bonds is 6. The minimum atomic E-state index is -4.27. The maximum Gasteiger partial charge on any atom is 0.174 e. The monoisotopic (exact) mass is 514 g/mol. The molecule has 1 heterocycles. The van der Waals surface area contributed by atoms with Crippen molar-refractivity contribution in [2.24, 2.45) is 0 Å². The first kappa shape index (κ1) is 27.8. The number of hydrogen-bond acceptors (Lipinski definition) is 4. The average Bonchev–Trinajstić information content (AvgIpc) is 2.86. The Labute approximate surface area is 221 Å². The SMILES string of the molecule is Cc1ccc(C)c(C[n+]2ccc(C=Cc3ccc(N(C)C)cc3)cc2)c1.Cc1ccc(S(=O)(=O)[O-])cc1. The molecule has 0 unspecified atom stereocenters. The summed E-state index contributed by atoms with van der Waals surface area (Å²) in [4.78, 5) is 1.93. The Balaban J connectivity index is 0.000000289. The lowest BCUT2D eigenvalue weighted by atomic mass is 10.1. The topological polar surface area (TPSA) is 64.3 Å². The highest BCUT2D eigenvalue weighted by Crippen LogP contribution is 2.15. The fourth-order valence-electron chi connectivity index (χ4n) is 3.63. The first-order valence-corrected chi connectivity index (χ1v) is 13.5. The summed E-state index contributed by atoms with van der Waals surface area (Å²) in [5.74, 6) is 0. The van der Waals surface area contributed by atoms with Crippen molar-refractivity contribution in [3.05, 3.63) is 125 Å². The van der Waals surface area contributed by atoms with Gasteiger partial charge in [-0.15, -0.1) is 0 Å². The van der Waals surface area contributed by atoms with Crippen molar-refractivity contribution < 1.29 is 17.5 Å². The van der Waals surface area contributed by atoms with Crippen LogP contribution in [-0.4, -0.2) is 27.1 Å². The molecule has 4 rings (SSSR count). The van der Waals surface area contributed by atoms with Gasteiger partial charge in [0, 0.05) is 37.5 Å². The molecule has 192 valence electrons. The van der Waals surface area contributed by atoms with Gasteiger partial charge in [-0.1, -0.05) is 59.7 Å². The van der Waals surface area contributed by atoms with Crippen LogP contribution >= 0.6 is 0 Å². The van der Waals surface area contributed by atoms with Crippen molar-refractivity contribution >= 4 is 28.0 Å². The van der Waals surface area contributed by atoms with Crippen LogP contribution < -0.4 is 9.47 Å². The number of pyridine rings is 1. The van der Waals surface area contributed by atoms with Crippen molar-refractivity contribution in [2.45, 2.75) is 32.2 Å². The third kappa shape index (κ3) is 8.70. The highest BCUT2D eigenvalue weighted by atomic mass is 32.2. The number of anilines is 1. The summed E-state index contributed by atoms with van der Waals surface area (Å²) in [7, 11) is -0.154. The Morgan fingerprint density at radius 2 is 1.30 bits per heavy atom. The van der Waals surface area contributed by atoms with E-state index in [2.05, 4.69) is 117 Å². The smallest absolute Gasteiger partial charge is 0.174 e. The lowest BCUT2D eigenvalue weighted by Crippen LogP contribution is -2.33. The number of hydrogen-bond donors (Lipinski definition) is 0. The van der Waals surface area contributed by atoms with Crippen LogP contribution in [0.4, 0.5) is 5.69 Å². The molecular formula is C31H34N2O3S. The molecule has 0 saturated heterocycles. The minimum Gasteiger partial charge on any atom is -0.744 e. The highest BCUT2D eigenvalue weighted by Gasteiger charge is 2.06. The van der Waals surface area contributed by atoms with Crippen LogP contribution in [0, 0.1) is 20.8 Å². The predicted molar refractivity (Wildman–Crippen MR) is 150 cm³/mol. The first-order valence-electron chi connectivity index (χ1n) is 12.0. The molecule has 37 heavy (non-hydrogen) atoms. The van der Waals surface area contributed by atoms with E-state index in [1.54, 1.807) is 12.1 Å². The van der Waals surface area contributed by atoms with E-state index in [-0.39, 0.29) is 4.90 Å². The molecule has 0 aliphatic heterocycles. The minimum absolute atomic E-state index is 0.178. The van der Waals surface area contributed by atoms with E-state index in [0.29, 0.717) is 0 Å². The van der Waals surface area contributed by atoms with Crippen LogP contribution in [0.5, 0.6) is 0 Å². The third-order valence-electron chi connectivity index (χ3n) is 5.96. The Bertz CT molecular complexity index is 1440. The van der Waals surface area contributed by atoms with E-state index in [0.717, 1.165) is 12.1 Å². The van der Waals surface area contributed by atoms with Gasteiger partial charge in [-0.2, -0.15) is 0 Å². The summed E-state index contributed by atoms with van der Waals surface area (Å²) < 4.78 is 33.4. The number of benzene rings is 3. The van der Waals surface area contributed by atoms with E-state index in [9.17, 15) is 13.0 Å². The predicted octanol–water partition coefficient (Wildman–Crippen LogP) is 5.77. The van der Waals surface area contributed by atoms with Crippen molar-refractivity contribution in [2.75, 3.05) is 19.0 Å². The number of aromatic nitrogens is 1. The Morgan fingerprint density at radius 3 is 1.84 bits per heavy atom. The first-order chi connectivity index (χ1) is 17.5. The van der Waals surface area contributed by atoms with Gasteiger partial charge in [0.15, 0.2) is 18.9 Å². The molecule has 6 heteroatoms. The van der Waals surface area contributed by atoms with Gasteiger partial charge in [0.2, 0.25) is 0 Å². The second-order valence-corrected chi connectivity index (χ2v) is 10.7. The quantitative estimate of drug-likeness (QED) is 0.242. The average molecular weight is 515 g/mol. The second kappa shape index (κ2) is 12.5. The van der Waals surface area contributed by atoms with E-state index < -0.39 is 10.1 Å². The maximum absolute atomic E-state index is 10.4. The molecule has 3 aromatic carbocycles. The third-order valence-corrected chi connectivity index (χ3v) is 6.81. The van der Waals surface area contributed by atoms with Crippen LogP contribution in [0.1, 0.15) is 33.4 Å². The van der Waals surface area contributed by atoms with Crippen molar-refractivity contribution in [1.82, 2.24) is 0 Å². The van der Waals surface area contributed by atoms with Gasteiger partial charge in [0.05, 0.1) is 4.90 Å². The molecule has 0 aliphatic carbocycles. The van der Waals surface area contributed by atoms with Gasteiger partial charge in [-0.05, 0) is 67.8 Å². The molecule has 0 N–H and O–H groups in total. The molecule has 0 aliphatic rings. The Kier molecular flexibility index (Phi) is 9.39. The van der Waals surface area contributed by atoms with E-state index in [1.807, 2.05) is 6.92 Å². The maximum atomic E-state index is 10.4. The van der Waals surface area contributed by atoms with Crippen LogP contribution in [0.3, 0.4) is 0 Å². The molecule has 0 radical (unpaired) electrons. The summed E-state index contributed by atoms with van der Waals surface area (Å²) >= 11 is 0. The Morgan fingerprint density at radius 1 is 0.757 bits per heavy atom. The summed E-state index contributed by atoms with van der Waals surface area (Å²) in [5, 5.41) is 0. The fourth-order valence-corrected chi connectivity index (χ4v) is 4.10. The summed E-state index contributed by atoms with van der Waals surface area (Å²) in [6, 6.07) is 25.3. The molecule has 1 aromatic heterocycles. The van der Waals surface area contributed by atoms with Crippen molar-refractivity contribution in [1.29, 1.82) is 0 Å². The molecule has 0 fully saturated rings. The van der Waals surface area contributed by atoms with Crippen LogP contribution in [0.2, 0.25) is 0 Å². The molecule has 0 saturated carbocycles. The number of nitrogens with zero attached hydrogens (tertiary/aromatic N) is 2. The van der Waals surface area contributed by atoms with Crippen molar-refractivity contribution in [3.63, 3.8) is 0 Å². The van der Waals surface area contributed by atoms with E-state index in [4.69, 9.17) is 0 Å². The zero-order valence-electron chi connectivity index (χ0n) is 22.0. The van der Waals surface area contributed by atoms with Crippen LogP contribution in [0.25, 0.3) is 12.2 Å². The molecular weight excluding hydrogens is 480 g/mol. The zero-order chi connectivity index (χ0) is 27.0. The van der Waals surface area contributed by atoms with Crippen LogP contribution in [0.15, 0.2) is 96.2 Å². The summed E-state index contributed by atoms with van der Waals surface area (Å²) in [6.07, 6.45) is 8.61. The van der Waals surface area contributed by atoms with Gasteiger partial charge in [-0.3, -0.25) is 0 Å². The highest BCUT2D eigenvalue weighted by molar-refractivity contribution is 7.85. The van der Waals surface area contributed by atoms with Gasteiger partial charge in [0.1, 0.15) is 10.1 Å². The van der Waals surface area contributed by atoms with Gasteiger partial charge >= 0.3 is 0 Å². The second-order valence-electron chi connectivity index (χ2n) is 9.32. The molecule has 4 aromatic rings. The summed E-state index contributed by atoms with van der Waals surface area (Å²) in [5.41, 5.74) is 8.59. The van der Waals surface area contributed by atoms with Gasteiger partial charge < -0.3 is 9.45 Å². The lowest BCUT2D eigenvalue weighted by Gasteiger charge is -2.11. The van der Waals surface area contributed by atoms with E-state index in [1.165, 1.54) is 45.6 Å². The van der Waals surface area contributed by atoms with Gasteiger partial charge in [-0.25, -0.2) is 13.0 Å². The molecule has 5 nitrogen and oxygen atoms in total. The van der Waals surface area contributed by atoms with Gasteiger partial charge in [0.25, 0.3) is 0 Å². The fraction of sp³-hybridized carbons (Fsp3) is 0.194. The van der Waals surface area contributed by atoms with E-state index >= 15 is 0 Å². The lowest BCUT2D eigenvalue weighted by molar-refractivity contribution is -0.688. The van der Waals surface area contributed by atoms with Crippen molar-refractivity contribution in [3.8, 4) is 0 Å². The molecule has 0 atom stereocenters. The normalized spacial score (nSPS) is 11.2. The summed E-state index contributed by atoms with van der Waals surface area (Å²) in [6.45, 7) is 7.05. The zero-order valence-corrected chi connectivity index (χ0v) is 22.9.